The Bertz CT molecular complexity index is 1010. The first-order valence-electron chi connectivity index (χ1n) is 14.3. The van der Waals surface area contributed by atoms with E-state index in [0.29, 0.717) is 44.6 Å². The van der Waals surface area contributed by atoms with E-state index < -0.39 is 12.1 Å². The molecule has 2 rings (SSSR count). The van der Waals surface area contributed by atoms with Crippen LogP contribution in [0.5, 0.6) is 0 Å². The number of carbonyl (C=O) groups is 2. The smallest absolute Gasteiger partial charge is 0.253 e. The molecule has 0 radical (unpaired) electrons. The second-order valence-electron chi connectivity index (χ2n) is 10.9. The normalized spacial score (nSPS) is 15.3. The van der Waals surface area contributed by atoms with Crippen molar-refractivity contribution in [1.82, 2.24) is 15.2 Å². The third kappa shape index (κ3) is 10.7. The molecule has 222 valence electrons. The zero-order valence-corrected chi connectivity index (χ0v) is 25.4. The van der Waals surface area contributed by atoms with Crippen molar-refractivity contribution in [2.24, 2.45) is 23.5 Å². The van der Waals surface area contributed by atoms with E-state index in [0.717, 1.165) is 23.7 Å². The molecule has 2 aromatic rings. The summed E-state index contributed by atoms with van der Waals surface area (Å²) < 4.78 is 7.79. The van der Waals surface area contributed by atoms with Crippen LogP contribution in [0.15, 0.2) is 30.5 Å². The van der Waals surface area contributed by atoms with Gasteiger partial charge in [-0.2, -0.15) is 0 Å². The number of aromatic nitrogens is 1. The van der Waals surface area contributed by atoms with Crippen LogP contribution in [0.25, 0.3) is 10.9 Å². The predicted molar refractivity (Wildman–Crippen MR) is 161 cm³/mol. The molecule has 0 bridgehead atoms. The summed E-state index contributed by atoms with van der Waals surface area (Å²) in [4.78, 5) is 25.6. The Kier molecular flexibility index (Phi) is 15.7. The van der Waals surface area contributed by atoms with Crippen molar-refractivity contribution < 1.29 is 19.4 Å². The number of halogens is 1. The summed E-state index contributed by atoms with van der Waals surface area (Å²) in [6.45, 7) is 14.5. The highest BCUT2D eigenvalue weighted by Gasteiger charge is 2.26. The minimum absolute atomic E-state index is 0. The van der Waals surface area contributed by atoms with E-state index in [4.69, 9.17) is 10.5 Å². The monoisotopic (exact) mass is 566 g/mol. The lowest BCUT2D eigenvalue weighted by molar-refractivity contribution is -0.125. The molecule has 9 heteroatoms. The lowest BCUT2D eigenvalue weighted by Gasteiger charge is -2.28. The van der Waals surface area contributed by atoms with Crippen molar-refractivity contribution in [3.8, 4) is 0 Å². The number of hydrogen-bond donors (Lipinski definition) is 4. The van der Waals surface area contributed by atoms with Crippen molar-refractivity contribution >= 4 is 35.1 Å². The molecule has 0 saturated heterocycles. The first-order chi connectivity index (χ1) is 18.1. The average molecular weight is 567 g/mol. The lowest BCUT2D eigenvalue weighted by atomic mass is 9.86. The SMILES string of the molecule is CCCCNC(=O)[C@H](C)C[C@H](O)[C@@H](N)CC(CNC(=O)c1cn(C[C@@H](C)OCC)c2ccccc12)C(C)C.Cl. The van der Waals surface area contributed by atoms with Crippen LogP contribution in [0.3, 0.4) is 0 Å². The Labute approximate surface area is 240 Å². The quantitative estimate of drug-likeness (QED) is 0.210. The molecular formula is C30H51ClN4O4. The van der Waals surface area contributed by atoms with Gasteiger partial charge in [-0.1, -0.05) is 52.3 Å². The summed E-state index contributed by atoms with van der Waals surface area (Å²) in [5.41, 5.74) is 8.02. The zero-order chi connectivity index (χ0) is 28.2. The predicted octanol–water partition coefficient (Wildman–Crippen LogP) is 4.51. The van der Waals surface area contributed by atoms with Crippen molar-refractivity contribution in [2.75, 3.05) is 19.7 Å². The lowest BCUT2D eigenvalue weighted by Crippen LogP contribution is -2.42. The molecule has 39 heavy (non-hydrogen) atoms. The van der Waals surface area contributed by atoms with Gasteiger partial charge in [0, 0.05) is 55.3 Å². The van der Waals surface area contributed by atoms with Crippen molar-refractivity contribution in [3.63, 3.8) is 0 Å². The number of nitrogens with one attached hydrogen (secondary N) is 2. The van der Waals surface area contributed by atoms with E-state index in [1.54, 1.807) is 0 Å². The number of nitrogens with zero attached hydrogens (tertiary/aromatic N) is 1. The van der Waals surface area contributed by atoms with Crippen LogP contribution in [-0.4, -0.2) is 59.4 Å². The summed E-state index contributed by atoms with van der Waals surface area (Å²) >= 11 is 0. The van der Waals surface area contributed by atoms with Gasteiger partial charge in [-0.15, -0.1) is 12.4 Å². The second kappa shape index (κ2) is 17.5. The summed E-state index contributed by atoms with van der Waals surface area (Å²) in [7, 11) is 0. The van der Waals surface area contributed by atoms with E-state index >= 15 is 0 Å². The number of rotatable bonds is 17. The Morgan fingerprint density at radius 2 is 1.77 bits per heavy atom. The number of aliphatic hydroxyl groups excluding tert-OH is 1. The van der Waals surface area contributed by atoms with Gasteiger partial charge < -0.3 is 30.8 Å². The van der Waals surface area contributed by atoms with Gasteiger partial charge in [0.25, 0.3) is 5.91 Å². The molecule has 1 aromatic heterocycles. The molecule has 0 fully saturated rings. The number of unbranched alkanes of at least 4 members (excludes halogenated alkanes) is 1. The molecule has 2 amide bonds. The van der Waals surface area contributed by atoms with Gasteiger partial charge in [0.1, 0.15) is 0 Å². The van der Waals surface area contributed by atoms with Crippen LogP contribution >= 0.6 is 12.4 Å². The molecule has 1 heterocycles. The number of carbonyl (C=O) groups excluding carboxylic acids is 2. The topological polar surface area (TPSA) is 119 Å². The van der Waals surface area contributed by atoms with Crippen molar-refractivity contribution in [2.45, 2.75) is 92.0 Å². The van der Waals surface area contributed by atoms with Gasteiger partial charge >= 0.3 is 0 Å². The maximum Gasteiger partial charge on any atom is 0.253 e. The maximum atomic E-state index is 13.3. The van der Waals surface area contributed by atoms with Crippen LogP contribution in [0.4, 0.5) is 0 Å². The zero-order valence-electron chi connectivity index (χ0n) is 24.6. The van der Waals surface area contributed by atoms with Gasteiger partial charge in [-0.25, -0.2) is 0 Å². The van der Waals surface area contributed by atoms with Gasteiger partial charge in [0.05, 0.1) is 17.8 Å². The van der Waals surface area contributed by atoms with Crippen LogP contribution in [-0.2, 0) is 16.1 Å². The fourth-order valence-corrected chi connectivity index (χ4v) is 4.82. The average Bonchev–Trinajstić information content (AvgIpc) is 3.24. The molecule has 1 unspecified atom stereocenters. The Balaban J connectivity index is 0.00000760. The molecule has 0 aliphatic carbocycles. The third-order valence-corrected chi connectivity index (χ3v) is 7.35. The fraction of sp³-hybridized carbons (Fsp3) is 0.667. The summed E-state index contributed by atoms with van der Waals surface area (Å²) in [5.74, 6) is -0.137. The number of aliphatic hydroxyl groups is 1. The minimum atomic E-state index is -0.788. The molecule has 1 aromatic carbocycles. The first-order valence-corrected chi connectivity index (χ1v) is 14.3. The number of para-hydroxylation sites is 1. The Hall–Kier alpha value is -2.13. The van der Waals surface area contributed by atoms with Gasteiger partial charge in [-0.3, -0.25) is 9.59 Å². The molecular weight excluding hydrogens is 516 g/mol. The van der Waals surface area contributed by atoms with Crippen LogP contribution in [0, 0.1) is 17.8 Å². The largest absolute Gasteiger partial charge is 0.391 e. The molecule has 0 aliphatic heterocycles. The number of benzene rings is 1. The number of nitrogens with two attached hydrogens (primary N) is 1. The van der Waals surface area contributed by atoms with Crippen LogP contribution < -0.4 is 16.4 Å². The van der Waals surface area contributed by atoms with E-state index in [9.17, 15) is 14.7 Å². The van der Waals surface area contributed by atoms with Crippen LogP contribution in [0.1, 0.15) is 77.6 Å². The summed E-state index contributed by atoms with van der Waals surface area (Å²) in [6.07, 6.45) is 3.98. The van der Waals surface area contributed by atoms with Crippen molar-refractivity contribution in [3.05, 3.63) is 36.0 Å². The number of amides is 2. The number of fused-ring (bicyclic) bond motifs is 1. The number of hydrogen-bond acceptors (Lipinski definition) is 5. The summed E-state index contributed by atoms with van der Waals surface area (Å²) in [5, 5.41) is 17.7. The standard InChI is InChI=1S/C30H50N4O4.ClH/c1-7-9-14-32-29(36)21(5)15-28(35)26(31)16-23(20(3)4)17-33-30(37)25-19-34(18-22(6)38-8-2)27-13-11-10-12-24(25)27;/h10-13,19-23,26,28,35H,7-9,14-18,31H2,1-6H3,(H,32,36)(H,33,37);1H/t21-,22-,23?,26+,28+;/m1./s1. The Morgan fingerprint density at radius 3 is 2.41 bits per heavy atom. The summed E-state index contributed by atoms with van der Waals surface area (Å²) in [6, 6.07) is 7.43. The maximum absolute atomic E-state index is 13.3. The molecule has 5 N–H and O–H groups in total. The highest BCUT2D eigenvalue weighted by molar-refractivity contribution is 6.07. The highest BCUT2D eigenvalue weighted by Crippen LogP contribution is 2.23. The van der Waals surface area contributed by atoms with E-state index in [-0.39, 0.29) is 48.1 Å². The molecule has 0 spiro atoms. The van der Waals surface area contributed by atoms with Gasteiger partial charge in [0.15, 0.2) is 0 Å². The van der Waals surface area contributed by atoms with Crippen LogP contribution in [0.2, 0.25) is 0 Å². The first kappa shape index (κ1) is 34.9. The molecule has 5 atom stereocenters. The van der Waals surface area contributed by atoms with Gasteiger partial charge in [0.2, 0.25) is 5.91 Å². The van der Waals surface area contributed by atoms with Gasteiger partial charge in [-0.05, 0) is 51.0 Å². The molecule has 0 saturated carbocycles. The minimum Gasteiger partial charge on any atom is -0.391 e. The Morgan fingerprint density at radius 1 is 1.08 bits per heavy atom. The van der Waals surface area contributed by atoms with E-state index in [1.807, 2.05) is 51.2 Å². The number of ether oxygens (including phenoxy) is 1. The van der Waals surface area contributed by atoms with E-state index in [2.05, 4.69) is 36.0 Å². The molecule has 0 aliphatic rings. The fourth-order valence-electron chi connectivity index (χ4n) is 4.82. The third-order valence-electron chi connectivity index (χ3n) is 7.35. The second-order valence-corrected chi connectivity index (χ2v) is 10.9. The van der Waals surface area contributed by atoms with Crippen molar-refractivity contribution in [1.29, 1.82) is 0 Å². The molecule has 8 nitrogen and oxygen atoms in total. The van der Waals surface area contributed by atoms with E-state index in [1.165, 1.54) is 0 Å². The highest BCUT2D eigenvalue weighted by atomic mass is 35.5.